The molecule has 6 heteroatoms. The van der Waals surface area contributed by atoms with Crippen molar-refractivity contribution in [2.75, 3.05) is 19.8 Å². The Morgan fingerprint density at radius 1 is 1.48 bits per heavy atom. The molecule has 2 heterocycles. The van der Waals surface area contributed by atoms with Crippen LogP contribution in [-0.4, -0.2) is 40.6 Å². The van der Waals surface area contributed by atoms with Gasteiger partial charge in [0.15, 0.2) is 0 Å². The number of nitrogens with zero attached hydrogens (tertiary/aromatic N) is 2. The fraction of sp³-hybridized carbons (Fsp3) is 0.368. The van der Waals surface area contributed by atoms with E-state index in [1.807, 2.05) is 12.3 Å². The van der Waals surface area contributed by atoms with Gasteiger partial charge in [0, 0.05) is 35.7 Å². The van der Waals surface area contributed by atoms with Gasteiger partial charge < -0.3 is 25.8 Å². The maximum Gasteiger partial charge on any atom is 0.123 e. The van der Waals surface area contributed by atoms with Crippen molar-refractivity contribution < 1.29 is 4.39 Å². The van der Waals surface area contributed by atoms with Crippen LogP contribution < -0.4 is 11.1 Å². The zero-order valence-corrected chi connectivity index (χ0v) is 14.5. The van der Waals surface area contributed by atoms with Crippen LogP contribution in [0.25, 0.3) is 10.9 Å². The molecular weight excluding hydrogens is 317 g/mol. The molecule has 3 rings (SSSR count). The number of likely N-dealkylation sites (tertiary alicyclic amines) is 1. The Kier molecular flexibility index (Phi) is 5.28. The van der Waals surface area contributed by atoms with Crippen LogP contribution >= 0.6 is 0 Å². The highest BCUT2D eigenvalue weighted by Crippen LogP contribution is 2.19. The normalized spacial score (nSPS) is 17.5. The standard InChI is InChI=1S/C19H26FN5/c1-3-24-8-4-5-18(12-24)25(13-21)14(2)22-11-17-10-15-9-16(20)6-7-19(15)23-17/h3,6-7,9-10,18,22-23H,1-2,4-5,8,11-13,21H2. The first-order valence-electron chi connectivity index (χ1n) is 8.64. The second kappa shape index (κ2) is 7.61. The topological polar surface area (TPSA) is 60.3 Å². The van der Waals surface area contributed by atoms with Crippen molar-refractivity contribution in [1.29, 1.82) is 0 Å². The van der Waals surface area contributed by atoms with E-state index in [0.29, 0.717) is 19.3 Å². The Morgan fingerprint density at radius 3 is 3.08 bits per heavy atom. The second-order valence-electron chi connectivity index (χ2n) is 6.45. The molecule has 1 aromatic carbocycles. The van der Waals surface area contributed by atoms with Gasteiger partial charge in [-0.2, -0.15) is 0 Å². The summed E-state index contributed by atoms with van der Waals surface area (Å²) in [5, 5.41) is 4.21. The zero-order valence-electron chi connectivity index (χ0n) is 14.5. The van der Waals surface area contributed by atoms with Crippen LogP contribution in [0.4, 0.5) is 4.39 Å². The Labute approximate surface area is 148 Å². The lowest BCUT2D eigenvalue weighted by Crippen LogP contribution is -2.49. The van der Waals surface area contributed by atoms with Gasteiger partial charge in [-0.3, -0.25) is 0 Å². The van der Waals surface area contributed by atoms with Gasteiger partial charge in [-0.15, -0.1) is 0 Å². The lowest BCUT2D eigenvalue weighted by atomic mass is 10.0. The average Bonchev–Trinajstić information content (AvgIpc) is 3.02. The Bertz CT molecular complexity index is 753. The number of fused-ring (bicyclic) bond motifs is 1. The molecule has 2 aromatic rings. The predicted molar refractivity (Wildman–Crippen MR) is 99.9 cm³/mol. The van der Waals surface area contributed by atoms with Crippen LogP contribution in [-0.2, 0) is 6.54 Å². The number of rotatable bonds is 7. The fourth-order valence-corrected chi connectivity index (χ4v) is 3.44. The summed E-state index contributed by atoms with van der Waals surface area (Å²) in [7, 11) is 0. The minimum atomic E-state index is -0.228. The molecule has 0 radical (unpaired) electrons. The number of hydrogen-bond donors (Lipinski definition) is 3. The number of piperidine rings is 1. The Morgan fingerprint density at radius 2 is 2.32 bits per heavy atom. The van der Waals surface area contributed by atoms with Crippen LogP contribution in [0.3, 0.4) is 0 Å². The van der Waals surface area contributed by atoms with E-state index in [0.717, 1.165) is 48.3 Å². The highest BCUT2D eigenvalue weighted by atomic mass is 19.1. The minimum absolute atomic E-state index is 0.228. The number of halogens is 1. The molecule has 134 valence electrons. The van der Waals surface area contributed by atoms with Crippen molar-refractivity contribution >= 4 is 10.9 Å². The summed E-state index contributed by atoms with van der Waals surface area (Å²) < 4.78 is 13.3. The van der Waals surface area contributed by atoms with E-state index >= 15 is 0 Å². The molecule has 1 aliphatic heterocycles. The van der Waals surface area contributed by atoms with Gasteiger partial charge in [0.05, 0.1) is 19.0 Å². The third-order valence-corrected chi connectivity index (χ3v) is 4.79. The molecule has 1 aromatic heterocycles. The highest BCUT2D eigenvalue weighted by molar-refractivity contribution is 5.80. The van der Waals surface area contributed by atoms with Gasteiger partial charge in [0.2, 0.25) is 0 Å². The minimum Gasteiger partial charge on any atom is -0.376 e. The van der Waals surface area contributed by atoms with E-state index < -0.39 is 0 Å². The molecule has 0 amide bonds. The van der Waals surface area contributed by atoms with E-state index in [9.17, 15) is 4.39 Å². The molecule has 25 heavy (non-hydrogen) atoms. The molecule has 1 saturated heterocycles. The van der Waals surface area contributed by atoms with E-state index in [1.54, 1.807) is 6.07 Å². The summed E-state index contributed by atoms with van der Waals surface area (Å²) in [6.07, 6.45) is 4.10. The van der Waals surface area contributed by atoms with E-state index in [2.05, 4.69) is 33.3 Å². The number of benzene rings is 1. The van der Waals surface area contributed by atoms with Gasteiger partial charge in [-0.25, -0.2) is 4.39 Å². The molecule has 1 unspecified atom stereocenters. The van der Waals surface area contributed by atoms with Crippen LogP contribution in [0.2, 0.25) is 0 Å². The average molecular weight is 343 g/mol. The smallest absolute Gasteiger partial charge is 0.123 e. The lowest BCUT2D eigenvalue weighted by molar-refractivity contribution is 0.148. The molecule has 1 fully saturated rings. The van der Waals surface area contributed by atoms with Crippen LogP contribution in [0, 0.1) is 5.82 Å². The summed E-state index contributed by atoms with van der Waals surface area (Å²) in [5.41, 5.74) is 7.88. The molecule has 0 saturated carbocycles. The quantitative estimate of drug-likeness (QED) is 0.677. The maximum atomic E-state index is 13.3. The summed E-state index contributed by atoms with van der Waals surface area (Å²) in [6, 6.07) is 7.02. The molecule has 4 N–H and O–H groups in total. The molecule has 0 bridgehead atoms. The summed E-state index contributed by atoms with van der Waals surface area (Å²) >= 11 is 0. The number of hydrogen-bond acceptors (Lipinski definition) is 4. The van der Waals surface area contributed by atoms with Crippen molar-refractivity contribution in [1.82, 2.24) is 20.1 Å². The Balaban J connectivity index is 1.62. The van der Waals surface area contributed by atoms with Crippen molar-refractivity contribution in [2.45, 2.75) is 25.4 Å². The first kappa shape index (κ1) is 17.4. The Hall–Kier alpha value is -2.47. The van der Waals surface area contributed by atoms with Crippen molar-refractivity contribution in [3.05, 3.63) is 61.0 Å². The van der Waals surface area contributed by atoms with Gasteiger partial charge in [-0.05, 0) is 43.3 Å². The van der Waals surface area contributed by atoms with Crippen molar-refractivity contribution in [3.63, 3.8) is 0 Å². The number of H-pyrrole nitrogens is 1. The highest BCUT2D eigenvalue weighted by Gasteiger charge is 2.24. The largest absolute Gasteiger partial charge is 0.376 e. The molecule has 1 atom stereocenters. The first-order valence-corrected chi connectivity index (χ1v) is 8.64. The van der Waals surface area contributed by atoms with Crippen LogP contribution in [0.5, 0.6) is 0 Å². The molecule has 0 spiro atoms. The molecule has 0 aliphatic carbocycles. The van der Waals surface area contributed by atoms with Gasteiger partial charge >= 0.3 is 0 Å². The van der Waals surface area contributed by atoms with Crippen LogP contribution in [0.15, 0.2) is 49.4 Å². The van der Waals surface area contributed by atoms with E-state index in [-0.39, 0.29) is 5.82 Å². The van der Waals surface area contributed by atoms with Crippen molar-refractivity contribution in [3.8, 4) is 0 Å². The lowest BCUT2D eigenvalue weighted by Gasteiger charge is -2.40. The fourth-order valence-electron chi connectivity index (χ4n) is 3.44. The number of aromatic nitrogens is 1. The third kappa shape index (κ3) is 3.96. The third-order valence-electron chi connectivity index (χ3n) is 4.79. The van der Waals surface area contributed by atoms with Gasteiger partial charge in [0.1, 0.15) is 5.82 Å². The molecule has 5 nitrogen and oxygen atoms in total. The first-order chi connectivity index (χ1) is 12.1. The summed E-state index contributed by atoms with van der Waals surface area (Å²) in [4.78, 5) is 7.62. The SMILES string of the molecule is C=CN1CCCC(N(CN)C(=C)NCc2cc3cc(F)ccc3[nH]2)C1. The molecule has 1 aliphatic rings. The summed E-state index contributed by atoms with van der Waals surface area (Å²) in [6.45, 7) is 11.0. The second-order valence-corrected chi connectivity index (χ2v) is 6.45. The van der Waals surface area contributed by atoms with E-state index in [1.165, 1.54) is 12.1 Å². The van der Waals surface area contributed by atoms with Crippen LogP contribution in [0.1, 0.15) is 18.5 Å². The number of nitrogens with one attached hydrogen (secondary N) is 2. The zero-order chi connectivity index (χ0) is 17.8. The van der Waals surface area contributed by atoms with Crippen molar-refractivity contribution in [2.24, 2.45) is 5.73 Å². The van der Waals surface area contributed by atoms with E-state index in [4.69, 9.17) is 5.73 Å². The number of aromatic amines is 1. The van der Waals surface area contributed by atoms with Gasteiger partial charge in [-0.1, -0.05) is 13.2 Å². The maximum absolute atomic E-state index is 13.3. The molecular formula is C19H26FN5. The number of nitrogens with two attached hydrogens (primary N) is 1. The summed E-state index contributed by atoms with van der Waals surface area (Å²) in [5.74, 6) is 0.581. The monoisotopic (exact) mass is 343 g/mol. The predicted octanol–water partition coefficient (Wildman–Crippen LogP) is 2.69. The van der Waals surface area contributed by atoms with Gasteiger partial charge in [0.25, 0.3) is 0 Å².